The quantitative estimate of drug-likeness (QED) is 0.488. The third-order valence-electron chi connectivity index (χ3n) is 5.39. The highest BCUT2D eigenvalue weighted by Crippen LogP contribution is 2.35. The predicted octanol–water partition coefficient (Wildman–Crippen LogP) is 3.38. The summed E-state index contributed by atoms with van der Waals surface area (Å²) in [6.45, 7) is 1.71. The first-order valence-corrected chi connectivity index (χ1v) is 12.2. The third-order valence-corrected chi connectivity index (χ3v) is 6.56. The molecule has 0 radical (unpaired) electrons. The van der Waals surface area contributed by atoms with E-state index in [4.69, 9.17) is 4.74 Å². The second-order valence-corrected chi connectivity index (χ2v) is 9.51. The van der Waals surface area contributed by atoms with Gasteiger partial charge in [0.05, 0.1) is 18.3 Å². The summed E-state index contributed by atoms with van der Waals surface area (Å²) in [6.07, 6.45) is 8.42. The fourth-order valence-electron chi connectivity index (χ4n) is 3.90. The normalized spacial score (nSPS) is 16.8. The minimum absolute atomic E-state index is 0.000246. The van der Waals surface area contributed by atoms with E-state index in [0.29, 0.717) is 0 Å². The van der Waals surface area contributed by atoms with Crippen molar-refractivity contribution in [3.05, 3.63) is 28.3 Å². The van der Waals surface area contributed by atoms with Gasteiger partial charge in [0.1, 0.15) is 17.5 Å². The summed E-state index contributed by atoms with van der Waals surface area (Å²) in [5.74, 6) is -0.259. The zero-order valence-electron chi connectivity index (χ0n) is 17.8. The molecule has 1 N–H and O–H groups in total. The Morgan fingerprint density at radius 3 is 2.37 bits per heavy atom. The highest BCUT2D eigenvalue weighted by atomic mass is 32.2. The maximum absolute atomic E-state index is 13.1. The highest BCUT2D eigenvalue weighted by molar-refractivity contribution is 7.92. The van der Waals surface area contributed by atoms with Gasteiger partial charge in [-0.25, -0.2) is 8.42 Å². The number of amides is 1. The van der Waals surface area contributed by atoms with Crippen LogP contribution in [0.15, 0.2) is 18.2 Å². The van der Waals surface area contributed by atoms with Crippen molar-refractivity contribution in [1.29, 1.82) is 0 Å². The molecule has 0 heterocycles. The van der Waals surface area contributed by atoms with E-state index >= 15 is 0 Å². The van der Waals surface area contributed by atoms with Crippen molar-refractivity contribution in [2.45, 2.75) is 70.4 Å². The zero-order chi connectivity index (χ0) is 22.3. The molecule has 30 heavy (non-hydrogen) atoms. The molecule has 168 valence electrons. The minimum Gasteiger partial charge on any atom is -0.495 e. The van der Waals surface area contributed by atoms with Crippen molar-refractivity contribution in [3.8, 4) is 5.75 Å². The van der Waals surface area contributed by atoms with E-state index < -0.39 is 26.9 Å². The van der Waals surface area contributed by atoms with Crippen LogP contribution in [0.25, 0.3) is 0 Å². The molecule has 1 aliphatic carbocycles. The SMILES string of the molecule is CC[C@@H](C(=O)NC1CCCCCCC1)N(c1cc([N+](=O)[O-])ccc1OC)S(C)(=O)=O. The summed E-state index contributed by atoms with van der Waals surface area (Å²) in [7, 11) is -2.59. The number of hydrogen-bond donors (Lipinski definition) is 1. The lowest BCUT2D eigenvalue weighted by Crippen LogP contribution is -2.51. The van der Waals surface area contributed by atoms with Gasteiger partial charge in [0.2, 0.25) is 15.9 Å². The molecule has 0 bridgehead atoms. The van der Waals surface area contributed by atoms with Crippen molar-refractivity contribution in [3.63, 3.8) is 0 Å². The van der Waals surface area contributed by atoms with Crippen LogP contribution in [0, 0.1) is 10.1 Å². The van der Waals surface area contributed by atoms with E-state index in [0.717, 1.165) is 55.2 Å². The maximum atomic E-state index is 13.1. The summed E-state index contributed by atoms with van der Waals surface area (Å²) < 4.78 is 31.6. The molecule has 10 heteroatoms. The monoisotopic (exact) mass is 441 g/mol. The van der Waals surface area contributed by atoms with Crippen LogP contribution < -0.4 is 14.4 Å². The standard InChI is InChI=1S/C20H31N3O6S/c1-4-17(20(24)21-15-10-8-6-5-7-9-11-15)22(30(3,27)28)18-14-16(23(25)26)12-13-19(18)29-2/h12-15,17H,4-11H2,1-3H3,(H,21,24)/t17-/m0/s1. The van der Waals surface area contributed by atoms with Gasteiger partial charge in [-0.2, -0.15) is 0 Å². The highest BCUT2D eigenvalue weighted by Gasteiger charge is 2.35. The Balaban J connectivity index is 2.40. The van der Waals surface area contributed by atoms with Crippen LogP contribution in [0.5, 0.6) is 5.75 Å². The Kier molecular flexibility index (Phi) is 8.45. The Hall–Kier alpha value is -2.36. The van der Waals surface area contributed by atoms with Crippen LogP contribution in [0.4, 0.5) is 11.4 Å². The van der Waals surface area contributed by atoms with Gasteiger partial charge in [-0.15, -0.1) is 0 Å². The summed E-state index contributed by atoms with van der Waals surface area (Å²) in [5, 5.41) is 14.3. The Labute approximate surface area is 178 Å². The maximum Gasteiger partial charge on any atom is 0.271 e. The number of nitro benzene ring substituents is 1. The summed E-state index contributed by atoms with van der Waals surface area (Å²) >= 11 is 0. The van der Waals surface area contributed by atoms with Gasteiger partial charge in [0, 0.05) is 18.2 Å². The first kappa shape index (κ1) is 23.9. The number of carbonyl (C=O) groups is 1. The number of nitrogens with one attached hydrogen (secondary N) is 1. The van der Waals surface area contributed by atoms with Gasteiger partial charge in [-0.1, -0.05) is 39.0 Å². The van der Waals surface area contributed by atoms with Gasteiger partial charge in [0.15, 0.2) is 0 Å². The smallest absolute Gasteiger partial charge is 0.271 e. The molecule has 0 saturated heterocycles. The number of sulfonamides is 1. The van der Waals surface area contributed by atoms with Gasteiger partial charge < -0.3 is 10.1 Å². The van der Waals surface area contributed by atoms with Crippen LogP contribution in [0.1, 0.15) is 58.3 Å². The van der Waals surface area contributed by atoms with E-state index in [9.17, 15) is 23.3 Å². The van der Waals surface area contributed by atoms with Crippen molar-refractivity contribution in [1.82, 2.24) is 5.32 Å². The van der Waals surface area contributed by atoms with Gasteiger partial charge >= 0.3 is 0 Å². The van der Waals surface area contributed by atoms with E-state index in [2.05, 4.69) is 5.32 Å². The Morgan fingerprint density at radius 2 is 1.87 bits per heavy atom. The molecule has 1 aliphatic rings. The number of methoxy groups -OCH3 is 1. The largest absolute Gasteiger partial charge is 0.495 e. The molecule has 2 rings (SSSR count). The van der Waals surface area contributed by atoms with E-state index in [-0.39, 0.29) is 29.6 Å². The fourth-order valence-corrected chi connectivity index (χ4v) is 5.10. The molecule has 1 amide bonds. The molecule has 1 fully saturated rings. The molecule has 9 nitrogen and oxygen atoms in total. The molecule has 0 unspecified atom stereocenters. The molecular weight excluding hydrogens is 410 g/mol. The lowest BCUT2D eigenvalue weighted by Gasteiger charge is -2.32. The topological polar surface area (TPSA) is 119 Å². The van der Waals surface area contributed by atoms with E-state index in [1.807, 2.05) is 0 Å². The number of rotatable bonds is 8. The second kappa shape index (κ2) is 10.6. The molecule has 0 aromatic heterocycles. The number of nitro groups is 1. The van der Waals surface area contributed by atoms with Crippen LogP contribution in [-0.4, -0.2) is 44.7 Å². The van der Waals surface area contributed by atoms with E-state index in [1.165, 1.54) is 25.7 Å². The number of hydrogen-bond acceptors (Lipinski definition) is 6. The first-order chi connectivity index (χ1) is 14.2. The van der Waals surface area contributed by atoms with E-state index in [1.54, 1.807) is 6.92 Å². The fraction of sp³-hybridized carbons (Fsp3) is 0.650. The van der Waals surface area contributed by atoms with Crippen molar-refractivity contribution in [2.24, 2.45) is 0 Å². The number of non-ortho nitro benzene ring substituents is 1. The Bertz CT molecular complexity index is 850. The van der Waals surface area contributed by atoms with Crippen molar-refractivity contribution < 1.29 is 22.9 Å². The van der Waals surface area contributed by atoms with Crippen LogP contribution in [0.2, 0.25) is 0 Å². The number of benzene rings is 1. The second-order valence-electron chi connectivity index (χ2n) is 7.65. The van der Waals surface area contributed by atoms with Gasteiger partial charge in [-0.05, 0) is 25.3 Å². The minimum atomic E-state index is -3.93. The Morgan fingerprint density at radius 1 is 1.27 bits per heavy atom. The summed E-state index contributed by atoms with van der Waals surface area (Å²) in [6, 6.07) is 2.66. The number of ether oxygens (including phenoxy) is 1. The van der Waals surface area contributed by atoms with Gasteiger partial charge in [0.25, 0.3) is 5.69 Å². The predicted molar refractivity (Wildman–Crippen MR) is 115 cm³/mol. The zero-order valence-corrected chi connectivity index (χ0v) is 18.6. The van der Waals surface area contributed by atoms with Crippen LogP contribution >= 0.6 is 0 Å². The number of carbonyl (C=O) groups excluding carboxylic acids is 1. The number of anilines is 1. The van der Waals surface area contributed by atoms with Crippen molar-refractivity contribution >= 4 is 27.3 Å². The summed E-state index contributed by atoms with van der Waals surface area (Å²) in [4.78, 5) is 23.8. The number of nitrogens with zero attached hydrogens (tertiary/aromatic N) is 2. The summed E-state index contributed by atoms with van der Waals surface area (Å²) in [5.41, 5.74) is -0.302. The molecule has 1 saturated carbocycles. The van der Waals surface area contributed by atoms with Gasteiger partial charge in [-0.3, -0.25) is 19.2 Å². The molecule has 1 atom stereocenters. The average Bonchev–Trinajstić information content (AvgIpc) is 2.66. The lowest BCUT2D eigenvalue weighted by molar-refractivity contribution is -0.384. The molecule has 1 aromatic carbocycles. The average molecular weight is 442 g/mol. The molecular formula is C20H31N3O6S. The van der Waals surface area contributed by atoms with Crippen LogP contribution in [0.3, 0.4) is 0 Å². The van der Waals surface area contributed by atoms with Crippen LogP contribution in [-0.2, 0) is 14.8 Å². The van der Waals surface area contributed by atoms with Crippen molar-refractivity contribution in [2.75, 3.05) is 17.7 Å². The third kappa shape index (κ3) is 6.07. The lowest BCUT2D eigenvalue weighted by atomic mass is 9.96. The molecule has 1 aromatic rings. The molecule has 0 aliphatic heterocycles. The molecule has 0 spiro atoms. The first-order valence-electron chi connectivity index (χ1n) is 10.3.